The Balaban J connectivity index is 1.64. The van der Waals surface area contributed by atoms with Crippen LogP contribution in [0.1, 0.15) is 0 Å². The van der Waals surface area contributed by atoms with Crippen LogP contribution in [0.4, 0.5) is 15.8 Å². The predicted octanol–water partition coefficient (Wildman–Crippen LogP) is 2.03. The SMILES string of the molecule is O=C(Cn1nnc(-c2cccc(F)c2)n1)Nc1ccc([N+](=O)[O-])cc1. The zero-order valence-electron chi connectivity index (χ0n) is 12.7. The van der Waals surface area contributed by atoms with Crippen LogP contribution in [0.5, 0.6) is 0 Å². The van der Waals surface area contributed by atoms with Crippen molar-refractivity contribution in [2.45, 2.75) is 6.54 Å². The molecule has 0 unspecified atom stereocenters. The number of nitro groups is 1. The molecule has 10 heteroatoms. The number of amides is 1. The Kier molecular flexibility index (Phi) is 4.42. The highest BCUT2D eigenvalue weighted by Crippen LogP contribution is 2.16. The Morgan fingerprint density at radius 1 is 1.24 bits per heavy atom. The lowest BCUT2D eigenvalue weighted by Crippen LogP contribution is -2.20. The molecule has 0 saturated heterocycles. The van der Waals surface area contributed by atoms with E-state index < -0.39 is 16.6 Å². The van der Waals surface area contributed by atoms with Crippen LogP contribution in [0, 0.1) is 15.9 Å². The molecule has 0 spiro atoms. The molecule has 3 aromatic rings. The van der Waals surface area contributed by atoms with E-state index in [4.69, 9.17) is 0 Å². The summed E-state index contributed by atoms with van der Waals surface area (Å²) < 4.78 is 13.2. The normalized spacial score (nSPS) is 10.4. The third-order valence-corrected chi connectivity index (χ3v) is 3.18. The summed E-state index contributed by atoms with van der Waals surface area (Å²) in [6, 6.07) is 11.1. The first-order chi connectivity index (χ1) is 12.0. The zero-order chi connectivity index (χ0) is 17.8. The van der Waals surface area contributed by atoms with Gasteiger partial charge in [0.15, 0.2) is 0 Å². The summed E-state index contributed by atoms with van der Waals surface area (Å²) >= 11 is 0. The summed E-state index contributed by atoms with van der Waals surface area (Å²) in [5.74, 6) is -0.663. The molecular formula is C15H11FN6O3. The predicted molar refractivity (Wildman–Crippen MR) is 84.9 cm³/mol. The topological polar surface area (TPSA) is 116 Å². The van der Waals surface area contributed by atoms with Gasteiger partial charge in [-0.25, -0.2) is 4.39 Å². The lowest BCUT2D eigenvalue weighted by molar-refractivity contribution is -0.384. The highest BCUT2D eigenvalue weighted by molar-refractivity contribution is 5.90. The van der Waals surface area contributed by atoms with Gasteiger partial charge < -0.3 is 5.32 Å². The summed E-state index contributed by atoms with van der Waals surface area (Å²) in [6.07, 6.45) is 0. The van der Waals surface area contributed by atoms with Crippen LogP contribution in [0.15, 0.2) is 48.5 Å². The minimum Gasteiger partial charge on any atom is -0.324 e. The van der Waals surface area contributed by atoms with Crippen LogP contribution < -0.4 is 5.32 Å². The second kappa shape index (κ2) is 6.83. The fourth-order valence-electron chi connectivity index (χ4n) is 2.05. The summed E-state index contributed by atoms with van der Waals surface area (Å²) in [5.41, 5.74) is 0.777. The number of anilines is 1. The Morgan fingerprint density at radius 2 is 2.00 bits per heavy atom. The molecule has 0 aliphatic heterocycles. The van der Waals surface area contributed by atoms with Gasteiger partial charge in [0.2, 0.25) is 11.7 Å². The molecule has 0 fully saturated rings. The van der Waals surface area contributed by atoms with Crippen LogP contribution in [-0.2, 0) is 11.3 Å². The number of carbonyl (C=O) groups is 1. The van der Waals surface area contributed by atoms with Crippen LogP contribution in [-0.4, -0.2) is 31.0 Å². The highest BCUT2D eigenvalue weighted by atomic mass is 19.1. The highest BCUT2D eigenvalue weighted by Gasteiger charge is 2.11. The van der Waals surface area contributed by atoms with Crippen LogP contribution >= 0.6 is 0 Å². The second-order valence-corrected chi connectivity index (χ2v) is 5.01. The quantitative estimate of drug-likeness (QED) is 0.560. The van der Waals surface area contributed by atoms with E-state index in [1.807, 2.05) is 0 Å². The molecule has 126 valence electrons. The molecule has 1 heterocycles. The van der Waals surface area contributed by atoms with Gasteiger partial charge in [0.1, 0.15) is 12.4 Å². The Morgan fingerprint density at radius 3 is 2.68 bits per heavy atom. The van der Waals surface area contributed by atoms with Crippen molar-refractivity contribution in [1.29, 1.82) is 0 Å². The van der Waals surface area contributed by atoms with Crippen molar-refractivity contribution >= 4 is 17.3 Å². The van der Waals surface area contributed by atoms with E-state index in [0.29, 0.717) is 11.3 Å². The van der Waals surface area contributed by atoms with Crippen molar-refractivity contribution in [3.05, 3.63) is 64.5 Å². The van der Waals surface area contributed by atoms with Crippen molar-refractivity contribution in [2.24, 2.45) is 0 Å². The van der Waals surface area contributed by atoms with E-state index in [1.54, 1.807) is 6.07 Å². The Labute approximate surface area is 140 Å². The zero-order valence-corrected chi connectivity index (χ0v) is 12.7. The van der Waals surface area contributed by atoms with E-state index in [1.165, 1.54) is 42.5 Å². The number of aromatic nitrogens is 4. The summed E-state index contributed by atoms with van der Waals surface area (Å²) in [6.45, 7) is -0.209. The lowest BCUT2D eigenvalue weighted by Gasteiger charge is -2.03. The number of benzene rings is 2. The molecule has 0 aliphatic carbocycles. The minimum absolute atomic E-state index is 0.0734. The third-order valence-electron chi connectivity index (χ3n) is 3.18. The number of carbonyl (C=O) groups excluding carboxylic acids is 1. The lowest BCUT2D eigenvalue weighted by atomic mass is 10.2. The number of nitrogens with zero attached hydrogens (tertiary/aromatic N) is 5. The molecule has 0 aliphatic rings. The minimum atomic E-state index is -0.529. The molecule has 1 amide bonds. The van der Waals surface area contributed by atoms with Crippen molar-refractivity contribution < 1.29 is 14.1 Å². The Bertz CT molecular complexity index is 925. The summed E-state index contributed by atoms with van der Waals surface area (Å²) in [4.78, 5) is 23.1. The van der Waals surface area contributed by atoms with Gasteiger partial charge in [0.25, 0.3) is 5.69 Å². The number of nitrogens with one attached hydrogen (secondary N) is 1. The van der Waals surface area contributed by atoms with E-state index in [9.17, 15) is 19.3 Å². The van der Waals surface area contributed by atoms with Gasteiger partial charge in [-0.1, -0.05) is 12.1 Å². The largest absolute Gasteiger partial charge is 0.324 e. The first kappa shape index (κ1) is 16.2. The van der Waals surface area contributed by atoms with Crippen molar-refractivity contribution in [2.75, 3.05) is 5.32 Å². The molecule has 0 atom stereocenters. The molecule has 1 N–H and O–H groups in total. The average Bonchev–Trinajstić information content (AvgIpc) is 3.03. The van der Waals surface area contributed by atoms with Crippen LogP contribution in [0.3, 0.4) is 0 Å². The summed E-state index contributed by atoms with van der Waals surface area (Å²) in [7, 11) is 0. The van der Waals surface area contributed by atoms with Crippen LogP contribution in [0.25, 0.3) is 11.4 Å². The third kappa shape index (κ3) is 3.99. The van der Waals surface area contributed by atoms with Gasteiger partial charge in [0.05, 0.1) is 4.92 Å². The number of hydrogen-bond acceptors (Lipinski definition) is 6. The second-order valence-electron chi connectivity index (χ2n) is 5.01. The number of hydrogen-bond donors (Lipinski definition) is 1. The van der Waals surface area contributed by atoms with Gasteiger partial charge in [-0.05, 0) is 29.5 Å². The molecule has 1 aromatic heterocycles. The standard InChI is InChI=1S/C15H11FN6O3/c16-11-3-1-2-10(8-11)15-18-20-21(19-15)9-14(23)17-12-4-6-13(7-5-12)22(24)25/h1-8H,9H2,(H,17,23). The number of tetrazole rings is 1. The van der Waals surface area contributed by atoms with Gasteiger partial charge in [-0.3, -0.25) is 14.9 Å². The maximum atomic E-state index is 13.2. The monoisotopic (exact) mass is 342 g/mol. The summed E-state index contributed by atoms with van der Waals surface area (Å²) in [5, 5.41) is 24.7. The first-order valence-electron chi connectivity index (χ1n) is 7.09. The molecule has 2 aromatic carbocycles. The maximum Gasteiger partial charge on any atom is 0.269 e. The van der Waals surface area contributed by atoms with Gasteiger partial charge in [-0.2, -0.15) is 4.80 Å². The molecular weight excluding hydrogens is 331 g/mol. The fourth-order valence-corrected chi connectivity index (χ4v) is 2.05. The van der Waals surface area contributed by atoms with Crippen molar-refractivity contribution in [1.82, 2.24) is 20.2 Å². The van der Waals surface area contributed by atoms with Crippen molar-refractivity contribution in [3.8, 4) is 11.4 Å². The molecule has 0 radical (unpaired) electrons. The van der Waals surface area contributed by atoms with Crippen LogP contribution in [0.2, 0.25) is 0 Å². The maximum absolute atomic E-state index is 13.2. The van der Waals surface area contributed by atoms with E-state index >= 15 is 0 Å². The average molecular weight is 342 g/mol. The van der Waals surface area contributed by atoms with E-state index in [-0.39, 0.29) is 18.1 Å². The molecule has 25 heavy (non-hydrogen) atoms. The number of rotatable bonds is 5. The van der Waals surface area contributed by atoms with Gasteiger partial charge in [-0.15, -0.1) is 10.2 Å². The van der Waals surface area contributed by atoms with Crippen molar-refractivity contribution in [3.63, 3.8) is 0 Å². The molecule has 0 saturated carbocycles. The fraction of sp³-hybridized carbons (Fsp3) is 0.0667. The smallest absolute Gasteiger partial charge is 0.269 e. The van der Waals surface area contributed by atoms with E-state index in [0.717, 1.165) is 4.80 Å². The first-order valence-corrected chi connectivity index (χ1v) is 7.09. The van der Waals surface area contributed by atoms with Gasteiger partial charge >= 0.3 is 0 Å². The van der Waals surface area contributed by atoms with E-state index in [2.05, 4.69) is 20.7 Å². The molecule has 3 rings (SSSR count). The number of halogens is 1. The number of nitro benzene ring substituents is 1. The molecule has 0 bridgehead atoms. The number of non-ortho nitro benzene ring substituents is 1. The molecule has 9 nitrogen and oxygen atoms in total. The van der Waals surface area contributed by atoms with Gasteiger partial charge in [0, 0.05) is 23.4 Å². The Hall–Kier alpha value is -3.69.